The summed E-state index contributed by atoms with van der Waals surface area (Å²) in [5.74, 6) is -1.04. The Balaban J connectivity index is 4.55. The Kier molecular flexibility index (Phi) is 51.0. The Morgan fingerprint density at radius 1 is 0.313 bits per heavy atom. The van der Waals surface area contributed by atoms with Gasteiger partial charge in [0.15, 0.2) is 6.10 Å². The zero-order valence-electron chi connectivity index (χ0n) is 43.1. The number of esters is 3. The van der Waals surface area contributed by atoms with Crippen LogP contribution in [-0.2, 0) is 28.6 Å². The molecule has 0 saturated carbocycles. The Morgan fingerprint density at radius 3 is 0.985 bits per heavy atom. The van der Waals surface area contributed by atoms with Gasteiger partial charge in [-0.05, 0) is 83.5 Å². The molecule has 0 aromatic heterocycles. The molecule has 0 bridgehead atoms. The number of hydrogen-bond donors (Lipinski definition) is 0. The maximum Gasteiger partial charge on any atom is 0.306 e. The monoisotopic (exact) mass is 927 g/mol. The fourth-order valence-electron chi connectivity index (χ4n) is 7.05. The minimum Gasteiger partial charge on any atom is -0.462 e. The van der Waals surface area contributed by atoms with Crippen molar-refractivity contribution in [3.63, 3.8) is 0 Å². The van der Waals surface area contributed by atoms with E-state index in [4.69, 9.17) is 14.2 Å². The number of rotatable bonds is 47. The van der Waals surface area contributed by atoms with E-state index in [1.165, 1.54) is 83.5 Å². The first-order valence-corrected chi connectivity index (χ1v) is 27.2. The van der Waals surface area contributed by atoms with Gasteiger partial charge < -0.3 is 14.2 Å². The molecule has 0 spiro atoms. The highest BCUT2D eigenvalue weighted by molar-refractivity contribution is 5.71. The number of unbranched alkanes of at least 4 members (excludes halogenated alkanes) is 23. The molecule has 0 heterocycles. The van der Waals surface area contributed by atoms with E-state index >= 15 is 0 Å². The molecule has 0 amide bonds. The van der Waals surface area contributed by atoms with Gasteiger partial charge in [-0.1, -0.05) is 245 Å². The molecule has 1 atom stereocenters. The van der Waals surface area contributed by atoms with E-state index in [-0.39, 0.29) is 44.0 Å². The van der Waals surface area contributed by atoms with Gasteiger partial charge >= 0.3 is 17.9 Å². The van der Waals surface area contributed by atoms with E-state index < -0.39 is 6.10 Å². The molecule has 1 unspecified atom stereocenters. The van der Waals surface area contributed by atoms with Crippen LogP contribution in [0, 0.1) is 0 Å². The predicted molar refractivity (Wildman–Crippen MR) is 288 cm³/mol. The van der Waals surface area contributed by atoms with Crippen molar-refractivity contribution in [1.82, 2.24) is 0 Å². The van der Waals surface area contributed by atoms with Crippen LogP contribution in [0.1, 0.15) is 226 Å². The molecule has 0 aliphatic heterocycles. The van der Waals surface area contributed by atoms with Crippen molar-refractivity contribution in [1.29, 1.82) is 0 Å². The summed E-state index contributed by atoms with van der Waals surface area (Å²) < 4.78 is 16.7. The van der Waals surface area contributed by atoms with Gasteiger partial charge in [-0.3, -0.25) is 14.4 Å². The second kappa shape index (κ2) is 54.4. The zero-order chi connectivity index (χ0) is 48.6. The summed E-state index contributed by atoms with van der Waals surface area (Å²) in [4.78, 5) is 38.0. The molecule has 0 radical (unpaired) electrons. The SMILES string of the molecule is CC/C=C/C=C/C=C/C=C/C=C/CCCC(=O)OCC(COC(=O)CCCCCCC/C=C/C=C/C=C/CCCCCCC)OC(=O)CCCCCCC/C=C/C=C/CCCCCCCCC. The fourth-order valence-corrected chi connectivity index (χ4v) is 7.05. The smallest absolute Gasteiger partial charge is 0.306 e. The quantitative estimate of drug-likeness (QED) is 0.0262. The van der Waals surface area contributed by atoms with Gasteiger partial charge in [0.2, 0.25) is 0 Å². The van der Waals surface area contributed by atoms with Crippen LogP contribution in [0.2, 0.25) is 0 Å². The van der Waals surface area contributed by atoms with Crippen LogP contribution in [0.5, 0.6) is 0 Å². The molecule has 0 N–H and O–H groups in total. The standard InChI is InChI=1S/C61H98O6/c1-4-7-10-13-16-19-22-25-27-29-31-33-36-39-42-45-48-51-54-60(63)66-57-58(56-65-59(62)53-50-47-44-41-38-35-24-21-18-15-12-9-6-3)67-61(64)55-52-49-46-43-40-37-34-32-30-28-26-23-20-17-14-11-8-5-2/h9,12,15,18,21-22,24-25,27-35,38,41,44,58H,4-8,10-11,13-14,16-17,19-20,23,26,36-37,39-40,42-43,45-57H2,1-3H3/b12-9+,18-15+,24-21+,25-22+,29-27+,30-28+,33-31+,34-32+,38-35+,44-41+. The number of allylic oxidation sites excluding steroid dienone is 20. The summed E-state index contributed by atoms with van der Waals surface area (Å²) in [6.07, 6.45) is 74.8. The van der Waals surface area contributed by atoms with Crippen LogP contribution in [-0.4, -0.2) is 37.2 Å². The number of carbonyl (C=O) groups excluding carboxylic acids is 3. The average molecular weight is 927 g/mol. The van der Waals surface area contributed by atoms with Gasteiger partial charge in [0.05, 0.1) is 0 Å². The van der Waals surface area contributed by atoms with Gasteiger partial charge in [-0.25, -0.2) is 0 Å². The van der Waals surface area contributed by atoms with Crippen molar-refractivity contribution in [2.24, 2.45) is 0 Å². The zero-order valence-corrected chi connectivity index (χ0v) is 43.1. The van der Waals surface area contributed by atoms with Crippen molar-refractivity contribution in [3.8, 4) is 0 Å². The van der Waals surface area contributed by atoms with Crippen LogP contribution in [0.15, 0.2) is 122 Å². The van der Waals surface area contributed by atoms with Crippen LogP contribution in [0.4, 0.5) is 0 Å². The lowest BCUT2D eigenvalue weighted by Gasteiger charge is -2.18. The fraction of sp³-hybridized carbons (Fsp3) is 0.623. The summed E-state index contributed by atoms with van der Waals surface area (Å²) in [7, 11) is 0. The first-order chi connectivity index (χ1) is 33.0. The third kappa shape index (κ3) is 52.6. The normalized spacial score (nSPS) is 13.1. The van der Waals surface area contributed by atoms with Gasteiger partial charge in [-0.2, -0.15) is 0 Å². The van der Waals surface area contributed by atoms with E-state index in [2.05, 4.69) is 87.6 Å². The third-order valence-corrected chi connectivity index (χ3v) is 11.1. The lowest BCUT2D eigenvalue weighted by atomic mass is 10.1. The molecule has 0 fully saturated rings. The molecule has 0 aromatic rings. The maximum atomic E-state index is 12.8. The lowest BCUT2D eigenvalue weighted by Crippen LogP contribution is -2.30. The second-order valence-corrected chi connectivity index (χ2v) is 17.6. The van der Waals surface area contributed by atoms with Crippen molar-refractivity contribution in [2.75, 3.05) is 13.2 Å². The molecule has 0 saturated heterocycles. The number of carbonyl (C=O) groups is 3. The molecule has 6 heteroatoms. The van der Waals surface area contributed by atoms with Crippen LogP contribution >= 0.6 is 0 Å². The van der Waals surface area contributed by atoms with E-state index in [0.717, 1.165) is 96.3 Å². The highest BCUT2D eigenvalue weighted by Crippen LogP contribution is 2.13. The molecule has 67 heavy (non-hydrogen) atoms. The first kappa shape index (κ1) is 62.8. The van der Waals surface area contributed by atoms with Crippen molar-refractivity contribution < 1.29 is 28.6 Å². The van der Waals surface area contributed by atoms with Crippen molar-refractivity contribution in [2.45, 2.75) is 232 Å². The Bertz CT molecular complexity index is 1440. The van der Waals surface area contributed by atoms with E-state index in [0.29, 0.717) is 12.8 Å². The average Bonchev–Trinajstić information content (AvgIpc) is 3.33. The Labute approximate surface area is 412 Å². The largest absolute Gasteiger partial charge is 0.462 e. The molecular formula is C61H98O6. The van der Waals surface area contributed by atoms with Crippen LogP contribution < -0.4 is 0 Å². The van der Waals surface area contributed by atoms with E-state index in [9.17, 15) is 14.4 Å². The molecule has 6 nitrogen and oxygen atoms in total. The summed E-state index contributed by atoms with van der Waals surface area (Å²) in [6.45, 7) is 6.37. The van der Waals surface area contributed by atoms with Gasteiger partial charge in [0.1, 0.15) is 13.2 Å². The molecular weight excluding hydrogens is 829 g/mol. The summed E-state index contributed by atoms with van der Waals surface area (Å²) in [6, 6.07) is 0. The lowest BCUT2D eigenvalue weighted by molar-refractivity contribution is -0.167. The summed E-state index contributed by atoms with van der Waals surface area (Å²) in [5.41, 5.74) is 0. The number of ether oxygens (including phenoxy) is 3. The molecule has 0 aliphatic rings. The topological polar surface area (TPSA) is 78.9 Å². The van der Waals surface area contributed by atoms with Gasteiger partial charge in [0.25, 0.3) is 0 Å². The molecule has 378 valence electrons. The van der Waals surface area contributed by atoms with Crippen molar-refractivity contribution >= 4 is 17.9 Å². The first-order valence-electron chi connectivity index (χ1n) is 27.2. The van der Waals surface area contributed by atoms with Crippen molar-refractivity contribution in [3.05, 3.63) is 122 Å². The van der Waals surface area contributed by atoms with Gasteiger partial charge in [0, 0.05) is 19.3 Å². The van der Waals surface area contributed by atoms with Gasteiger partial charge in [-0.15, -0.1) is 0 Å². The second-order valence-electron chi connectivity index (χ2n) is 17.6. The van der Waals surface area contributed by atoms with Crippen LogP contribution in [0.25, 0.3) is 0 Å². The van der Waals surface area contributed by atoms with E-state index in [1.807, 2.05) is 54.7 Å². The molecule has 0 aromatic carbocycles. The minimum absolute atomic E-state index is 0.121. The third-order valence-electron chi connectivity index (χ3n) is 11.1. The summed E-state index contributed by atoms with van der Waals surface area (Å²) >= 11 is 0. The maximum absolute atomic E-state index is 12.8. The number of hydrogen-bond acceptors (Lipinski definition) is 6. The Morgan fingerprint density at radius 2 is 0.597 bits per heavy atom. The minimum atomic E-state index is -0.827. The van der Waals surface area contributed by atoms with E-state index in [1.54, 1.807) is 0 Å². The van der Waals surface area contributed by atoms with Crippen LogP contribution in [0.3, 0.4) is 0 Å². The Hall–Kier alpha value is -4.19. The highest BCUT2D eigenvalue weighted by Gasteiger charge is 2.19. The summed E-state index contributed by atoms with van der Waals surface area (Å²) in [5, 5.41) is 0. The molecule has 0 rings (SSSR count). The highest BCUT2D eigenvalue weighted by atomic mass is 16.6. The predicted octanol–water partition coefficient (Wildman–Crippen LogP) is 18.1. The molecule has 0 aliphatic carbocycles.